The minimum Gasteiger partial charge on any atom is -0.427 e. The van der Waals surface area contributed by atoms with Gasteiger partial charge in [-0.25, -0.2) is 0 Å². The normalized spacial score (nSPS) is 18.3. The van der Waals surface area contributed by atoms with Gasteiger partial charge in [-0.2, -0.15) is 0 Å². The Kier molecular flexibility index (Phi) is 6.85. The van der Waals surface area contributed by atoms with Crippen LogP contribution in [0.2, 0.25) is 0 Å². The first-order valence-corrected chi connectivity index (χ1v) is 10.1. The molecule has 1 saturated heterocycles. The molecule has 1 aromatic rings. The maximum absolute atomic E-state index is 12.8. The van der Waals surface area contributed by atoms with Crippen LogP contribution in [0.3, 0.4) is 0 Å². The van der Waals surface area contributed by atoms with Gasteiger partial charge in [-0.15, -0.1) is 0 Å². The molecule has 6 nitrogen and oxygen atoms in total. The standard InChI is InChI=1S/C22H28N2O4/c1-17(25)28-20-9-4-8-19(16-20)22(27)24-13-5-12-23(14-15-24)21(26)11-10-18-6-2-3-7-18/h4,8-11,16,18H,2-3,5-7,12-15H2,1H3/b11-10+. The van der Waals surface area contributed by atoms with Gasteiger partial charge in [0.25, 0.3) is 5.91 Å². The molecule has 0 N–H and O–H groups in total. The molecule has 1 heterocycles. The van der Waals surface area contributed by atoms with E-state index in [2.05, 4.69) is 6.08 Å². The van der Waals surface area contributed by atoms with E-state index < -0.39 is 5.97 Å². The number of amides is 2. The van der Waals surface area contributed by atoms with E-state index in [1.807, 2.05) is 4.90 Å². The van der Waals surface area contributed by atoms with E-state index in [0.29, 0.717) is 43.4 Å². The van der Waals surface area contributed by atoms with Crippen molar-refractivity contribution in [3.8, 4) is 5.75 Å². The summed E-state index contributed by atoms with van der Waals surface area (Å²) in [7, 11) is 0. The third-order valence-corrected chi connectivity index (χ3v) is 5.35. The number of allylic oxidation sites excluding steroid dienone is 1. The molecule has 0 bridgehead atoms. The fourth-order valence-corrected chi connectivity index (χ4v) is 3.86. The van der Waals surface area contributed by atoms with E-state index in [1.165, 1.54) is 32.6 Å². The van der Waals surface area contributed by atoms with Crippen molar-refractivity contribution in [2.45, 2.75) is 39.0 Å². The molecule has 0 spiro atoms. The first kappa shape index (κ1) is 20.1. The molecule has 6 heteroatoms. The highest BCUT2D eigenvalue weighted by Crippen LogP contribution is 2.25. The average Bonchev–Trinajstić information content (AvgIpc) is 3.08. The van der Waals surface area contributed by atoms with E-state index in [1.54, 1.807) is 35.2 Å². The lowest BCUT2D eigenvalue weighted by Gasteiger charge is -2.22. The van der Waals surface area contributed by atoms with E-state index >= 15 is 0 Å². The number of rotatable bonds is 4. The fraction of sp³-hybridized carbons (Fsp3) is 0.500. The van der Waals surface area contributed by atoms with Gasteiger partial charge in [0.1, 0.15) is 5.75 Å². The SMILES string of the molecule is CC(=O)Oc1cccc(C(=O)N2CCCN(C(=O)/C=C/C3CCCC3)CC2)c1. The summed E-state index contributed by atoms with van der Waals surface area (Å²) < 4.78 is 5.06. The fourth-order valence-electron chi connectivity index (χ4n) is 3.86. The van der Waals surface area contributed by atoms with E-state index in [9.17, 15) is 14.4 Å². The maximum atomic E-state index is 12.8. The summed E-state index contributed by atoms with van der Waals surface area (Å²) in [6.45, 7) is 3.62. The number of ether oxygens (including phenoxy) is 1. The Morgan fingerprint density at radius 3 is 2.46 bits per heavy atom. The second kappa shape index (κ2) is 9.53. The molecule has 28 heavy (non-hydrogen) atoms. The number of benzene rings is 1. The zero-order valence-electron chi connectivity index (χ0n) is 16.4. The highest BCUT2D eigenvalue weighted by molar-refractivity contribution is 5.95. The van der Waals surface area contributed by atoms with Gasteiger partial charge >= 0.3 is 5.97 Å². The predicted molar refractivity (Wildman–Crippen MR) is 106 cm³/mol. The molecule has 150 valence electrons. The number of esters is 1. The Bertz CT molecular complexity index is 753. The van der Waals surface area contributed by atoms with Crippen molar-refractivity contribution in [3.05, 3.63) is 42.0 Å². The molecule has 2 fully saturated rings. The molecule has 1 aliphatic heterocycles. The van der Waals surface area contributed by atoms with Gasteiger partial charge in [0.15, 0.2) is 0 Å². The molecule has 0 atom stereocenters. The van der Waals surface area contributed by atoms with Crippen molar-refractivity contribution < 1.29 is 19.1 Å². The van der Waals surface area contributed by atoms with Crippen molar-refractivity contribution >= 4 is 17.8 Å². The highest BCUT2D eigenvalue weighted by atomic mass is 16.5. The third kappa shape index (κ3) is 5.44. The van der Waals surface area contributed by atoms with Crippen LogP contribution >= 0.6 is 0 Å². The van der Waals surface area contributed by atoms with Gasteiger partial charge in [0, 0.05) is 38.7 Å². The maximum Gasteiger partial charge on any atom is 0.308 e. The number of carbonyl (C=O) groups excluding carboxylic acids is 3. The van der Waals surface area contributed by atoms with Crippen molar-refractivity contribution in [1.82, 2.24) is 9.80 Å². The summed E-state index contributed by atoms with van der Waals surface area (Å²) in [5.41, 5.74) is 0.486. The molecule has 3 rings (SSSR count). The minimum absolute atomic E-state index is 0.0399. The van der Waals surface area contributed by atoms with Crippen LogP contribution in [0.5, 0.6) is 5.75 Å². The first-order valence-electron chi connectivity index (χ1n) is 10.1. The summed E-state index contributed by atoms with van der Waals surface area (Å²) >= 11 is 0. The molecular weight excluding hydrogens is 356 g/mol. The highest BCUT2D eigenvalue weighted by Gasteiger charge is 2.22. The average molecular weight is 384 g/mol. The summed E-state index contributed by atoms with van der Waals surface area (Å²) in [4.78, 5) is 40.0. The topological polar surface area (TPSA) is 66.9 Å². The lowest BCUT2D eigenvalue weighted by Crippen LogP contribution is -2.36. The predicted octanol–water partition coefficient (Wildman–Crippen LogP) is 3.03. The van der Waals surface area contributed by atoms with Crippen molar-refractivity contribution in [2.24, 2.45) is 5.92 Å². The van der Waals surface area contributed by atoms with Crippen molar-refractivity contribution in [1.29, 1.82) is 0 Å². The number of carbonyl (C=O) groups is 3. The molecule has 1 aromatic carbocycles. The number of hydrogen-bond donors (Lipinski definition) is 0. The largest absolute Gasteiger partial charge is 0.427 e. The van der Waals surface area contributed by atoms with Crippen LogP contribution in [0.15, 0.2) is 36.4 Å². The van der Waals surface area contributed by atoms with Gasteiger partial charge in [0.05, 0.1) is 0 Å². The van der Waals surface area contributed by atoms with Crippen LogP contribution < -0.4 is 4.74 Å². The van der Waals surface area contributed by atoms with Crippen LogP contribution in [0, 0.1) is 5.92 Å². The van der Waals surface area contributed by atoms with Crippen molar-refractivity contribution in [2.75, 3.05) is 26.2 Å². The molecule has 2 aliphatic rings. The first-order chi connectivity index (χ1) is 13.5. The Labute approximate surface area is 166 Å². The third-order valence-electron chi connectivity index (χ3n) is 5.35. The van der Waals surface area contributed by atoms with Crippen LogP contribution in [0.1, 0.15) is 49.4 Å². The summed E-state index contributed by atoms with van der Waals surface area (Å²) in [6.07, 6.45) is 9.39. The van der Waals surface area contributed by atoms with E-state index in [4.69, 9.17) is 4.74 Å². The van der Waals surface area contributed by atoms with E-state index in [-0.39, 0.29) is 11.8 Å². The van der Waals surface area contributed by atoms with Gasteiger partial charge in [-0.1, -0.05) is 25.0 Å². The van der Waals surface area contributed by atoms with Gasteiger partial charge in [-0.05, 0) is 49.5 Å². The Hall–Kier alpha value is -2.63. The van der Waals surface area contributed by atoms with Gasteiger partial charge in [0.2, 0.25) is 5.91 Å². The van der Waals surface area contributed by atoms with Crippen LogP contribution in [0.25, 0.3) is 0 Å². The minimum atomic E-state index is -0.417. The van der Waals surface area contributed by atoms with Crippen LogP contribution in [0.4, 0.5) is 0 Å². The lowest BCUT2D eigenvalue weighted by atomic mass is 10.1. The molecule has 1 saturated carbocycles. The van der Waals surface area contributed by atoms with Gasteiger partial charge < -0.3 is 14.5 Å². The zero-order chi connectivity index (χ0) is 19.9. The Morgan fingerprint density at radius 1 is 1.00 bits per heavy atom. The summed E-state index contributed by atoms with van der Waals surface area (Å²) in [6, 6.07) is 6.65. The van der Waals surface area contributed by atoms with Crippen LogP contribution in [-0.4, -0.2) is 53.8 Å². The Morgan fingerprint density at radius 2 is 1.71 bits per heavy atom. The summed E-state index contributed by atoms with van der Waals surface area (Å²) in [5.74, 6) is 0.419. The Balaban J connectivity index is 1.57. The van der Waals surface area contributed by atoms with Gasteiger partial charge in [-0.3, -0.25) is 14.4 Å². The molecule has 0 radical (unpaired) electrons. The lowest BCUT2D eigenvalue weighted by molar-refractivity contribution is -0.132. The summed E-state index contributed by atoms with van der Waals surface area (Å²) in [5, 5.41) is 0. The second-order valence-corrected chi connectivity index (χ2v) is 7.50. The molecule has 0 unspecified atom stereocenters. The number of nitrogens with zero attached hydrogens (tertiary/aromatic N) is 2. The quantitative estimate of drug-likeness (QED) is 0.455. The monoisotopic (exact) mass is 384 g/mol. The van der Waals surface area contributed by atoms with Crippen molar-refractivity contribution in [3.63, 3.8) is 0 Å². The molecule has 1 aliphatic carbocycles. The second-order valence-electron chi connectivity index (χ2n) is 7.50. The zero-order valence-corrected chi connectivity index (χ0v) is 16.4. The molecular formula is C22H28N2O4. The van der Waals surface area contributed by atoms with Crippen LogP contribution in [-0.2, 0) is 9.59 Å². The number of hydrogen-bond acceptors (Lipinski definition) is 4. The molecule has 2 amide bonds. The molecule has 0 aromatic heterocycles. The van der Waals surface area contributed by atoms with E-state index in [0.717, 1.165) is 6.42 Å². The smallest absolute Gasteiger partial charge is 0.308 e.